The van der Waals surface area contributed by atoms with Gasteiger partial charge < -0.3 is 5.11 Å². The Hall–Kier alpha value is -0.870. The van der Waals surface area contributed by atoms with Crippen molar-refractivity contribution < 1.29 is 13.5 Å². The highest BCUT2D eigenvalue weighted by Gasteiger charge is 2.31. The summed E-state index contributed by atoms with van der Waals surface area (Å²) in [6, 6.07) is 9.66. The lowest BCUT2D eigenvalue weighted by atomic mass is 10.0. The van der Waals surface area contributed by atoms with Gasteiger partial charge in [0.15, 0.2) is 9.84 Å². The summed E-state index contributed by atoms with van der Waals surface area (Å²) in [7, 11) is -3.19. The summed E-state index contributed by atoms with van der Waals surface area (Å²) in [6.07, 6.45) is 0.590. The van der Waals surface area contributed by atoms with Crippen LogP contribution >= 0.6 is 0 Å². The van der Waals surface area contributed by atoms with E-state index in [1.165, 1.54) is 0 Å². The summed E-state index contributed by atoms with van der Waals surface area (Å²) >= 11 is 0. The van der Waals surface area contributed by atoms with Crippen molar-refractivity contribution in [2.45, 2.75) is 31.9 Å². The van der Waals surface area contributed by atoms with Crippen molar-refractivity contribution in [2.24, 2.45) is 5.92 Å². The zero-order valence-corrected chi connectivity index (χ0v) is 12.1. The predicted octanol–water partition coefficient (Wildman–Crippen LogP) is 2.05. The maximum Gasteiger partial charge on any atom is 0.155 e. The maximum absolute atomic E-state index is 12.1. The van der Waals surface area contributed by atoms with Gasteiger partial charge in [-0.2, -0.15) is 0 Å². The van der Waals surface area contributed by atoms with E-state index in [0.717, 1.165) is 5.56 Å². The summed E-state index contributed by atoms with van der Waals surface area (Å²) in [5, 5.41) is 9.35. The van der Waals surface area contributed by atoms with Crippen LogP contribution in [0.5, 0.6) is 0 Å². The third-order valence-corrected chi connectivity index (χ3v) is 5.79. The number of hydrogen-bond donors (Lipinski definition) is 1. The molecule has 1 aromatic carbocycles. The molecule has 0 aliphatic rings. The van der Waals surface area contributed by atoms with Crippen LogP contribution in [0.25, 0.3) is 0 Å². The van der Waals surface area contributed by atoms with Crippen molar-refractivity contribution in [3.8, 4) is 0 Å². The fraction of sp³-hybridized carbons (Fsp3) is 0.571. The average molecular weight is 270 g/mol. The van der Waals surface area contributed by atoms with Gasteiger partial charge in [-0.25, -0.2) is 8.42 Å². The first kappa shape index (κ1) is 15.2. The minimum Gasteiger partial charge on any atom is -0.396 e. The second-order valence-corrected chi connectivity index (χ2v) is 8.42. The normalized spacial score (nSPS) is 14.4. The van der Waals surface area contributed by atoms with E-state index in [-0.39, 0.29) is 18.3 Å². The molecule has 102 valence electrons. The molecule has 18 heavy (non-hydrogen) atoms. The monoisotopic (exact) mass is 270 g/mol. The van der Waals surface area contributed by atoms with Crippen molar-refractivity contribution in [2.75, 3.05) is 12.4 Å². The molecular weight excluding hydrogens is 248 g/mol. The van der Waals surface area contributed by atoms with Crippen LogP contribution in [0.4, 0.5) is 0 Å². The van der Waals surface area contributed by atoms with Crippen LogP contribution in [0.3, 0.4) is 0 Å². The van der Waals surface area contributed by atoms with E-state index in [1.807, 2.05) is 30.3 Å². The highest BCUT2D eigenvalue weighted by Crippen LogP contribution is 2.20. The molecule has 1 atom stereocenters. The van der Waals surface area contributed by atoms with Crippen LogP contribution in [-0.2, 0) is 16.3 Å². The fourth-order valence-corrected chi connectivity index (χ4v) is 3.03. The van der Waals surface area contributed by atoms with Crippen LogP contribution < -0.4 is 0 Å². The van der Waals surface area contributed by atoms with Gasteiger partial charge in [0.25, 0.3) is 0 Å². The van der Waals surface area contributed by atoms with Gasteiger partial charge in [-0.15, -0.1) is 0 Å². The van der Waals surface area contributed by atoms with Gasteiger partial charge in [-0.3, -0.25) is 0 Å². The van der Waals surface area contributed by atoms with Crippen LogP contribution in [0.2, 0.25) is 0 Å². The number of aliphatic hydroxyl groups excluding tert-OH is 1. The molecule has 1 aromatic rings. The molecule has 1 N–H and O–H groups in total. The Bertz CT molecular complexity index is 458. The molecule has 0 heterocycles. The van der Waals surface area contributed by atoms with E-state index in [1.54, 1.807) is 20.8 Å². The first-order valence-corrected chi connectivity index (χ1v) is 7.78. The lowest BCUT2D eigenvalue weighted by molar-refractivity contribution is 0.237. The minimum atomic E-state index is -3.19. The molecule has 0 aromatic heterocycles. The number of benzene rings is 1. The SMILES string of the molecule is CC(C)(C)S(=O)(=O)CC(CO)Cc1ccccc1. The molecule has 0 aliphatic heterocycles. The van der Waals surface area contributed by atoms with Gasteiger partial charge in [0.05, 0.1) is 10.5 Å². The van der Waals surface area contributed by atoms with Crippen molar-refractivity contribution in [3.63, 3.8) is 0 Å². The maximum atomic E-state index is 12.1. The molecule has 4 heteroatoms. The molecular formula is C14H22O3S. The van der Waals surface area contributed by atoms with E-state index < -0.39 is 14.6 Å². The van der Waals surface area contributed by atoms with Crippen LogP contribution in [0.15, 0.2) is 30.3 Å². The lowest BCUT2D eigenvalue weighted by Gasteiger charge is -2.23. The van der Waals surface area contributed by atoms with Crippen molar-refractivity contribution in [3.05, 3.63) is 35.9 Å². The Morgan fingerprint density at radius 2 is 1.72 bits per heavy atom. The topological polar surface area (TPSA) is 54.4 Å². The smallest absolute Gasteiger partial charge is 0.155 e. The van der Waals surface area contributed by atoms with Crippen LogP contribution in [0.1, 0.15) is 26.3 Å². The summed E-state index contributed by atoms with van der Waals surface area (Å²) < 4.78 is 23.4. The molecule has 0 saturated heterocycles. The first-order valence-electron chi connectivity index (χ1n) is 6.13. The Morgan fingerprint density at radius 1 is 1.17 bits per heavy atom. The summed E-state index contributed by atoms with van der Waals surface area (Å²) in [5.41, 5.74) is 1.06. The summed E-state index contributed by atoms with van der Waals surface area (Å²) in [6.45, 7) is 4.97. The highest BCUT2D eigenvalue weighted by atomic mass is 32.2. The Balaban J connectivity index is 2.75. The van der Waals surface area contributed by atoms with Crippen LogP contribution in [0, 0.1) is 5.92 Å². The second-order valence-electron chi connectivity index (χ2n) is 5.63. The van der Waals surface area contributed by atoms with E-state index in [4.69, 9.17) is 0 Å². The minimum absolute atomic E-state index is 0.0297. The van der Waals surface area contributed by atoms with E-state index >= 15 is 0 Å². The van der Waals surface area contributed by atoms with Gasteiger partial charge in [-0.1, -0.05) is 30.3 Å². The van der Waals surface area contributed by atoms with Crippen LogP contribution in [-0.4, -0.2) is 30.6 Å². The standard InChI is InChI=1S/C14H22O3S/c1-14(2,3)18(16,17)11-13(10-15)9-12-7-5-4-6-8-12/h4-8,13,15H,9-11H2,1-3H3. The zero-order valence-electron chi connectivity index (χ0n) is 11.3. The van der Waals surface area contributed by atoms with E-state index in [9.17, 15) is 13.5 Å². The van der Waals surface area contributed by atoms with E-state index in [0.29, 0.717) is 6.42 Å². The number of sulfone groups is 1. The second kappa shape index (κ2) is 5.85. The molecule has 0 bridgehead atoms. The Morgan fingerprint density at radius 3 is 2.17 bits per heavy atom. The van der Waals surface area contributed by atoms with Gasteiger partial charge in [0.1, 0.15) is 0 Å². The third-order valence-electron chi connectivity index (χ3n) is 3.01. The molecule has 1 rings (SSSR count). The van der Waals surface area contributed by atoms with E-state index in [2.05, 4.69) is 0 Å². The fourth-order valence-electron chi connectivity index (χ4n) is 1.68. The van der Waals surface area contributed by atoms with Crippen molar-refractivity contribution in [1.29, 1.82) is 0 Å². The zero-order chi connectivity index (χ0) is 13.8. The van der Waals surface area contributed by atoms with Gasteiger partial charge in [0, 0.05) is 6.61 Å². The predicted molar refractivity (Wildman–Crippen MR) is 74.3 cm³/mol. The molecule has 0 radical (unpaired) electrons. The van der Waals surface area contributed by atoms with Gasteiger partial charge >= 0.3 is 0 Å². The molecule has 3 nitrogen and oxygen atoms in total. The third kappa shape index (κ3) is 4.10. The Labute approximate surface area is 110 Å². The van der Waals surface area contributed by atoms with Gasteiger partial charge in [0.2, 0.25) is 0 Å². The molecule has 0 fully saturated rings. The quantitative estimate of drug-likeness (QED) is 0.891. The summed E-state index contributed by atoms with van der Waals surface area (Å²) in [5.74, 6) is -0.210. The molecule has 0 aliphatic carbocycles. The van der Waals surface area contributed by atoms with Crippen molar-refractivity contribution in [1.82, 2.24) is 0 Å². The largest absolute Gasteiger partial charge is 0.396 e. The summed E-state index contributed by atoms with van der Waals surface area (Å²) in [4.78, 5) is 0. The number of aliphatic hydroxyl groups is 1. The number of hydrogen-bond acceptors (Lipinski definition) is 3. The highest BCUT2D eigenvalue weighted by molar-refractivity contribution is 7.92. The molecule has 1 unspecified atom stereocenters. The number of rotatable bonds is 5. The first-order chi connectivity index (χ1) is 8.26. The van der Waals surface area contributed by atoms with Crippen molar-refractivity contribution >= 4 is 9.84 Å². The lowest BCUT2D eigenvalue weighted by Crippen LogP contribution is -2.34. The molecule has 0 amide bonds. The Kier molecular flexibility index (Phi) is 4.93. The molecule has 0 saturated carbocycles. The molecule has 0 spiro atoms. The average Bonchev–Trinajstić information content (AvgIpc) is 2.27. The van der Waals surface area contributed by atoms with Gasteiger partial charge in [-0.05, 0) is 38.7 Å².